The topological polar surface area (TPSA) is 15.3 Å². The van der Waals surface area contributed by atoms with Crippen molar-refractivity contribution >= 4 is 12.4 Å². The Morgan fingerprint density at radius 3 is 2.50 bits per heavy atom. The van der Waals surface area contributed by atoms with Gasteiger partial charge in [0.25, 0.3) is 0 Å². The minimum Gasteiger partial charge on any atom is -0.316 e. The zero-order chi connectivity index (χ0) is 10.9. The molecule has 2 rings (SSSR count). The zero-order valence-electron chi connectivity index (χ0n) is 11.0. The van der Waals surface area contributed by atoms with Crippen LogP contribution in [0.2, 0.25) is 0 Å². The van der Waals surface area contributed by atoms with Gasteiger partial charge in [-0.05, 0) is 43.2 Å². The van der Waals surface area contributed by atoms with Crippen molar-refractivity contribution in [2.75, 3.05) is 32.7 Å². The third-order valence-electron chi connectivity index (χ3n) is 4.04. The Morgan fingerprint density at radius 1 is 1.19 bits per heavy atom. The van der Waals surface area contributed by atoms with Gasteiger partial charge in [-0.25, -0.2) is 0 Å². The summed E-state index contributed by atoms with van der Waals surface area (Å²) < 4.78 is 0. The molecule has 3 heteroatoms. The first-order valence-electron chi connectivity index (χ1n) is 6.42. The maximum Gasteiger partial charge on any atom is 0.00482 e. The van der Waals surface area contributed by atoms with Crippen LogP contribution in [0, 0.1) is 10.8 Å². The average Bonchev–Trinajstić information content (AvgIpc) is 2.49. The molecule has 0 saturated carbocycles. The molecular formula is C13H27ClN2. The van der Waals surface area contributed by atoms with Gasteiger partial charge in [0.2, 0.25) is 0 Å². The molecule has 0 aromatic carbocycles. The van der Waals surface area contributed by atoms with E-state index in [0.29, 0.717) is 10.8 Å². The fraction of sp³-hybridized carbons (Fsp3) is 1.00. The summed E-state index contributed by atoms with van der Waals surface area (Å²) in [7, 11) is 0. The van der Waals surface area contributed by atoms with Gasteiger partial charge in [-0.15, -0.1) is 12.4 Å². The molecule has 2 aliphatic rings. The molecule has 1 unspecified atom stereocenters. The Bertz CT molecular complexity index is 222. The predicted molar refractivity (Wildman–Crippen MR) is 72.3 cm³/mol. The van der Waals surface area contributed by atoms with Crippen molar-refractivity contribution < 1.29 is 0 Å². The van der Waals surface area contributed by atoms with E-state index in [4.69, 9.17) is 0 Å². The summed E-state index contributed by atoms with van der Waals surface area (Å²) in [5, 5.41) is 3.50. The van der Waals surface area contributed by atoms with E-state index in [1.165, 1.54) is 52.0 Å². The molecule has 1 atom stereocenters. The summed E-state index contributed by atoms with van der Waals surface area (Å²) in [6.45, 7) is 13.6. The smallest absolute Gasteiger partial charge is 0.00482 e. The van der Waals surface area contributed by atoms with Gasteiger partial charge in [0.15, 0.2) is 0 Å². The minimum absolute atomic E-state index is 0. The molecule has 2 saturated heterocycles. The molecule has 2 nitrogen and oxygen atoms in total. The summed E-state index contributed by atoms with van der Waals surface area (Å²) in [6, 6.07) is 0. The fourth-order valence-corrected chi connectivity index (χ4v) is 3.22. The van der Waals surface area contributed by atoms with Gasteiger partial charge in [-0.1, -0.05) is 20.8 Å². The van der Waals surface area contributed by atoms with Gasteiger partial charge >= 0.3 is 0 Å². The minimum atomic E-state index is 0. The second-order valence-corrected chi connectivity index (χ2v) is 6.72. The Morgan fingerprint density at radius 2 is 1.94 bits per heavy atom. The first kappa shape index (κ1) is 14.3. The molecule has 1 N–H and O–H groups in total. The standard InChI is InChI=1S/C13H26N2.ClH/c1-12(2)5-4-8-15(10-12)11-13(3)6-7-14-9-13;/h14H,4-11H2,1-3H3;1H. The summed E-state index contributed by atoms with van der Waals surface area (Å²) in [6.07, 6.45) is 4.14. The van der Waals surface area contributed by atoms with E-state index in [1.807, 2.05) is 0 Å². The fourth-order valence-electron chi connectivity index (χ4n) is 3.22. The summed E-state index contributed by atoms with van der Waals surface area (Å²) in [5.41, 5.74) is 1.08. The van der Waals surface area contributed by atoms with E-state index in [-0.39, 0.29) is 12.4 Å². The lowest BCUT2D eigenvalue weighted by atomic mass is 9.82. The van der Waals surface area contributed by atoms with Gasteiger partial charge in [0.1, 0.15) is 0 Å². The van der Waals surface area contributed by atoms with Crippen LogP contribution in [-0.4, -0.2) is 37.6 Å². The van der Waals surface area contributed by atoms with Gasteiger partial charge in [-0.2, -0.15) is 0 Å². The van der Waals surface area contributed by atoms with Gasteiger partial charge in [0.05, 0.1) is 0 Å². The lowest BCUT2D eigenvalue weighted by Gasteiger charge is -2.41. The molecule has 2 fully saturated rings. The third-order valence-corrected chi connectivity index (χ3v) is 4.04. The Labute approximate surface area is 107 Å². The van der Waals surface area contributed by atoms with Crippen molar-refractivity contribution in [3.05, 3.63) is 0 Å². The van der Waals surface area contributed by atoms with Crippen LogP contribution in [0.4, 0.5) is 0 Å². The number of halogens is 1. The van der Waals surface area contributed by atoms with Crippen LogP contribution in [0.25, 0.3) is 0 Å². The number of piperidine rings is 1. The average molecular weight is 247 g/mol. The van der Waals surface area contributed by atoms with Crippen molar-refractivity contribution in [2.24, 2.45) is 10.8 Å². The molecule has 2 aliphatic heterocycles. The first-order chi connectivity index (χ1) is 6.99. The predicted octanol–water partition coefficient (Wildman–Crippen LogP) is 2.53. The van der Waals surface area contributed by atoms with E-state index >= 15 is 0 Å². The Balaban J connectivity index is 0.00000128. The highest BCUT2D eigenvalue weighted by atomic mass is 35.5. The highest BCUT2D eigenvalue weighted by Gasteiger charge is 2.34. The Hall–Kier alpha value is 0.210. The number of rotatable bonds is 2. The van der Waals surface area contributed by atoms with Crippen molar-refractivity contribution in [1.82, 2.24) is 10.2 Å². The molecule has 2 heterocycles. The molecule has 0 spiro atoms. The lowest BCUT2D eigenvalue weighted by Crippen LogP contribution is -2.45. The number of hydrogen-bond acceptors (Lipinski definition) is 2. The first-order valence-corrected chi connectivity index (χ1v) is 6.42. The maximum absolute atomic E-state index is 3.50. The van der Waals surface area contributed by atoms with Crippen LogP contribution < -0.4 is 5.32 Å². The van der Waals surface area contributed by atoms with Crippen molar-refractivity contribution in [3.63, 3.8) is 0 Å². The quantitative estimate of drug-likeness (QED) is 0.806. The molecule has 0 radical (unpaired) electrons. The summed E-state index contributed by atoms with van der Waals surface area (Å²) >= 11 is 0. The molecule has 0 aromatic heterocycles. The van der Waals surface area contributed by atoms with Crippen LogP contribution in [0.1, 0.15) is 40.0 Å². The third kappa shape index (κ3) is 3.61. The van der Waals surface area contributed by atoms with Crippen molar-refractivity contribution in [3.8, 4) is 0 Å². The molecule has 0 amide bonds. The molecule has 96 valence electrons. The van der Waals surface area contributed by atoms with E-state index in [2.05, 4.69) is 31.0 Å². The number of likely N-dealkylation sites (tertiary alicyclic amines) is 1. The number of hydrogen-bond donors (Lipinski definition) is 1. The van der Waals surface area contributed by atoms with Crippen molar-refractivity contribution in [1.29, 1.82) is 0 Å². The zero-order valence-corrected chi connectivity index (χ0v) is 11.8. The monoisotopic (exact) mass is 246 g/mol. The van der Waals surface area contributed by atoms with Crippen molar-refractivity contribution in [2.45, 2.75) is 40.0 Å². The van der Waals surface area contributed by atoms with E-state index < -0.39 is 0 Å². The molecular weight excluding hydrogens is 220 g/mol. The normalized spacial score (nSPS) is 34.7. The van der Waals surface area contributed by atoms with Crippen LogP contribution >= 0.6 is 12.4 Å². The Kier molecular flexibility index (Phi) is 4.67. The highest BCUT2D eigenvalue weighted by molar-refractivity contribution is 5.85. The molecule has 0 aliphatic carbocycles. The lowest BCUT2D eigenvalue weighted by molar-refractivity contribution is 0.0812. The van der Waals surface area contributed by atoms with E-state index in [0.717, 1.165) is 0 Å². The molecule has 16 heavy (non-hydrogen) atoms. The SMILES string of the molecule is CC1(C)CCCN(CC2(C)CCNC2)C1.Cl. The van der Waals surface area contributed by atoms with Gasteiger partial charge < -0.3 is 10.2 Å². The maximum atomic E-state index is 3.50. The summed E-state index contributed by atoms with van der Waals surface area (Å²) in [4.78, 5) is 2.69. The van der Waals surface area contributed by atoms with Crippen LogP contribution in [0.5, 0.6) is 0 Å². The van der Waals surface area contributed by atoms with Gasteiger partial charge in [0, 0.05) is 19.6 Å². The summed E-state index contributed by atoms with van der Waals surface area (Å²) in [5.74, 6) is 0. The van der Waals surface area contributed by atoms with E-state index in [1.54, 1.807) is 0 Å². The molecule has 0 aromatic rings. The molecule has 0 bridgehead atoms. The second kappa shape index (κ2) is 5.24. The highest BCUT2D eigenvalue weighted by Crippen LogP contribution is 2.32. The van der Waals surface area contributed by atoms with Gasteiger partial charge in [-0.3, -0.25) is 0 Å². The van der Waals surface area contributed by atoms with E-state index in [9.17, 15) is 0 Å². The number of nitrogens with zero attached hydrogens (tertiary/aromatic N) is 1. The van der Waals surface area contributed by atoms with Crippen LogP contribution in [0.15, 0.2) is 0 Å². The van der Waals surface area contributed by atoms with Crippen LogP contribution in [0.3, 0.4) is 0 Å². The second-order valence-electron chi connectivity index (χ2n) is 6.72. The number of nitrogens with one attached hydrogen (secondary N) is 1. The van der Waals surface area contributed by atoms with Crippen LogP contribution in [-0.2, 0) is 0 Å². The largest absolute Gasteiger partial charge is 0.316 e.